The summed E-state index contributed by atoms with van der Waals surface area (Å²) in [5.41, 5.74) is 0.264. The first kappa shape index (κ1) is 26.2. The number of carbonyl (C=O) groups excluding carboxylic acids is 1. The van der Waals surface area contributed by atoms with Crippen LogP contribution in [0.25, 0.3) is 0 Å². The van der Waals surface area contributed by atoms with Crippen LogP contribution >= 0.6 is 0 Å². The maximum atomic E-state index is 11.6. The van der Waals surface area contributed by atoms with E-state index in [9.17, 15) is 15.0 Å². The third-order valence-corrected chi connectivity index (χ3v) is 9.99. The number of carboxylic acids is 1. The molecule has 29 heavy (non-hydrogen) atoms. The molecule has 1 aromatic carbocycles. The molecule has 5 nitrogen and oxygen atoms in total. The molecule has 1 rings (SSSR count). The van der Waals surface area contributed by atoms with E-state index in [0.717, 1.165) is 10.9 Å². The Morgan fingerprint density at radius 3 is 1.55 bits per heavy atom. The summed E-state index contributed by atoms with van der Waals surface area (Å²) in [4.78, 5) is 11.6. The molecule has 0 radical (unpaired) electrons. The molecule has 0 aliphatic carbocycles. The van der Waals surface area contributed by atoms with Crippen LogP contribution in [0.5, 0.6) is 11.5 Å². The summed E-state index contributed by atoms with van der Waals surface area (Å²) in [5, 5.41) is 24.5. The molecule has 0 fully saturated rings. The minimum atomic E-state index is -2.09. The summed E-state index contributed by atoms with van der Waals surface area (Å²) in [6.07, 6.45) is -1.75. The van der Waals surface area contributed by atoms with E-state index >= 15 is 0 Å². The summed E-state index contributed by atoms with van der Waals surface area (Å²) < 4.78 is 13.0. The number of carbonyl (C=O) groups is 1. The van der Waals surface area contributed by atoms with Crippen molar-refractivity contribution in [2.75, 3.05) is 0 Å². The Labute approximate surface area is 180 Å². The summed E-state index contributed by atoms with van der Waals surface area (Å²) in [7, 11) is -7.97. The van der Waals surface area contributed by atoms with Gasteiger partial charge >= 0.3 is 0 Å². The van der Waals surface area contributed by atoms with Crippen LogP contribution in [0.3, 0.4) is 0 Å². The first-order valence-electron chi connectivity index (χ1n) is 10.1. The standard InChI is InChI=1S/C20H40O5Si4/c1-26(2,3)18-15(24-28(7,8)9)13-14(16(21)20(22)23)17(25-29(10,11)12)19(18)27(4,5)6/h13,16,21H,1-12H3,(H,22,23)/p-1. The first-order valence-corrected chi connectivity index (χ1v) is 24.0. The molecule has 9 heteroatoms. The second-order valence-corrected chi connectivity index (χ2v) is 30.6. The van der Waals surface area contributed by atoms with Crippen molar-refractivity contribution >= 4 is 49.1 Å². The average molecular weight is 472 g/mol. The zero-order valence-electron chi connectivity index (χ0n) is 20.2. The highest BCUT2D eigenvalue weighted by molar-refractivity contribution is 6.99. The molecule has 0 aliphatic rings. The van der Waals surface area contributed by atoms with Crippen molar-refractivity contribution in [1.29, 1.82) is 0 Å². The fraction of sp³-hybridized carbons (Fsp3) is 0.650. The number of aliphatic hydroxyl groups excluding tert-OH is 1. The fourth-order valence-electron chi connectivity index (χ4n) is 3.28. The van der Waals surface area contributed by atoms with Gasteiger partial charge in [-0.25, -0.2) is 0 Å². The van der Waals surface area contributed by atoms with Gasteiger partial charge in [0, 0.05) is 5.56 Å². The minimum absolute atomic E-state index is 0.264. The van der Waals surface area contributed by atoms with Crippen molar-refractivity contribution < 1.29 is 23.9 Å². The Balaban J connectivity index is 4.19. The van der Waals surface area contributed by atoms with Crippen molar-refractivity contribution in [1.82, 2.24) is 0 Å². The zero-order chi connectivity index (χ0) is 23.2. The topological polar surface area (TPSA) is 78.8 Å². The number of benzene rings is 1. The lowest BCUT2D eigenvalue weighted by Gasteiger charge is -2.37. The van der Waals surface area contributed by atoms with Crippen LogP contribution in [0.1, 0.15) is 11.7 Å². The van der Waals surface area contributed by atoms with E-state index in [1.807, 2.05) is 0 Å². The second-order valence-electron chi connectivity index (χ2n) is 11.7. The third kappa shape index (κ3) is 7.09. The molecule has 1 N–H and O–H groups in total. The van der Waals surface area contributed by atoms with Gasteiger partial charge in [-0.3, -0.25) is 0 Å². The van der Waals surface area contributed by atoms with E-state index in [4.69, 9.17) is 8.85 Å². The summed E-state index contributed by atoms with van der Waals surface area (Å²) in [6, 6.07) is 1.71. The predicted molar refractivity (Wildman–Crippen MR) is 130 cm³/mol. The lowest BCUT2D eigenvalue weighted by Crippen LogP contribution is -2.59. The van der Waals surface area contributed by atoms with Crippen molar-refractivity contribution in [3.05, 3.63) is 11.6 Å². The Morgan fingerprint density at radius 1 is 0.828 bits per heavy atom. The zero-order valence-corrected chi connectivity index (χ0v) is 24.2. The molecule has 166 valence electrons. The van der Waals surface area contributed by atoms with Crippen LogP contribution in [-0.2, 0) is 4.79 Å². The van der Waals surface area contributed by atoms with Crippen LogP contribution in [0.15, 0.2) is 6.07 Å². The molecule has 0 heterocycles. The Bertz CT molecular complexity index is 766. The SMILES string of the molecule is C[Si](C)(C)Oc1cc(C(O)C(=O)[O-])c(O[Si](C)(C)C)c([Si](C)(C)C)c1[Si](C)(C)C. The van der Waals surface area contributed by atoms with E-state index in [1.165, 1.54) is 5.19 Å². The van der Waals surface area contributed by atoms with Crippen molar-refractivity contribution in [3.63, 3.8) is 0 Å². The van der Waals surface area contributed by atoms with Crippen LogP contribution in [-0.4, -0.2) is 43.9 Å². The molecule has 1 unspecified atom stereocenters. The Morgan fingerprint density at radius 2 is 1.24 bits per heavy atom. The number of aliphatic hydroxyl groups is 1. The normalized spacial score (nSPS) is 14.5. The van der Waals surface area contributed by atoms with E-state index in [2.05, 4.69) is 78.6 Å². The molecule has 0 aliphatic heterocycles. The predicted octanol–water partition coefficient (Wildman–Crippen LogP) is 2.99. The third-order valence-electron chi connectivity index (χ3n) is 4.11. The van der Waals surface area contributed by atoms with Gasteiger partial charge in [0.1, 0.15) is 17.6 Å². The van der Waals surface area contributed by atoms with E-state index in [-0.39, 0.29) is 5.56 Å². The number of hydrogen-bond acceptors (Lipinski definition) is 5. The molecule has 1 atom stereocenters. The highest BCUT2D eigenvalue weighted by Crippen LogP contribution is 2.33. The fourth-order valence-corrected chi connectivity index (χ4v) is 10.9. The van der Waals surface area contributed by atoms with Gasteiger partial charge in [0.05, 0.1) is 22.1 Å². The van der Waals surface area contributed by atoms with Crippen LogP contribution < -0.4 is 24.3 Å². The van der Waals surface area contributed by atoms with Gasteiger partial charge in [-0.2, -0.15) is 0 Å². The molecule has 1 aromatic rings. The molecular weight excluding hydrogens is 433 g/mol. The van der Waals surface area contributed by atoms with Crippen LogP contribution in [0, 0.1) is 0 Å². The number of rotatable bonds is 8. The number of aliphatic carboxylic acids is 1. The lowest BCUT2D eigenvalue weighted by atomic mass is 10.1. The molecule has 0 saturated carbocycles. The molecule has 0 saturated heterocycles. The first-order chi connectivity index (χ1) is 12.6. The van der Waals surface area contributed by atoms with E-state index < -0.39 is 44.9 Å². The Hall–Kier alpha value is -0.882. The quantitative estimate of drug-likeness (QED) is 0.590. The lowest BCUT2D eigenvalue weighted by molar-refractivity contribution is -0.315. The molecule has 0 spiro atoms. The van der Waals surface area contributed by atoms with Crippen molar-refractivity contribution in [2.45, 2.75) is 84.7 Å². The van der Waals surface area contributed by atoms with Crippen LogP contribution in [0.4, 0.5) is 0 Å². The highest BCUT2D eigenvalue weighted by atomic mass is 28.4. The van der Waals surface area contributed by atoms with Crippen molar-refractivity contribution in [2.24, 2.45) is 0 Å². The van der Waals surface area contributed by atoms with Gasteiger partial charge in [-0.15, -0.1) is 0 Å². The second kappa shape index (κ2) is 8.33. The highest BCUT2D eigenvalue weighted by Gasteiger charge is 2.38. The van der Waals surface area contributed by atoms with Gasteiger partial charge in [-0.05, 0) is 55.7 Å². The van der Waals surface area contributed by atoms with Gasteiger partial charge < -0.3 is 23.9 Å². The van der Waals surface area contributed by atoms with Crippen molar-refractivity contribution in [3.8, 4) is 11.5 Å². The van der Waals surface area contributed by atoms with Crippen LogP contribution in [0.2, 0.25) is 78.6 Å². The molecular formula is C20H39O5Si4-. The molecule has 0 bridgehead atoms. The largest absolute Gasteiger partial charge is 0.547 e. The maximum absolute atomic E-state index is 11.6. The van der Waals surface area contributed by atoms with E-state index in [1.54, 1.807) is 6.07 Å². The van der Waals surface area contributed by atoms with E-state index in [0.29, 0.717) is 5.75 Å². The van der Waals surface area contributed by atoms with Gasteiger partial charge in [0.25, 0.3) is 0 Å². The summed E-state index contributed by atoms with van der Waals surface area (Å²) in [5.74, 6) is -0.244. The number of carboxylic acid groups (broad SMARTS) is 1. The number of hydrogen-bond donors (Lipinski definition) is 1. The average Bonchev–Trinajstić information content (AvgIpc) is 2.41. The van der Waals surface area contributed by atoms with Gasteiger partial charge in [0.2, 0.25) is 16.6 Å². The Kier molecular flexibility index (Phi) is 7.51. The summed E-state index contributed by atoms with van der Waals surface area (Å²) >= 11 is 0. The van der Waals surface area contributed by atoms with Gasteiger partial charge in [-0.1, -0.05) is 39.3 Å². The maximum Gasteiger partial charge on any atom is 0.242 e. The minimum Gasteiger partial charge on any atom is -0.547 e. The van der Waals surface area contributed by atoms with Gasteiger partial charge in [0.15, 0.2) is 0 Å². The summed E-state index contributed by atoms with van der Waals surface area (Å²) in [6.45, 7) is 26.0. The molecule has 0 amide bonds. The smallest absolute Gasteiger partial charge is 0.242 e. The molecule has 0 aromatic heterocycles. The monoisotopic (exact) mass is 471 g/mol.